The highest BCUT2D eigenvalue weighted by atomic mass is 35.5. The molecule has 14 nitrogen and oxygen atoms in total. The molecular formula is C50H56ClN5O9. The molecule has 7 N–H and O–H groups in total. The summed E-state index contributed by atoms with van der Waals surface area (Å²) in [6, 6.07) is 20.1. The Balaban J connectivity index is 1.29. The number of halogens is 1. The standard InChI is InChI=1S/C50H56ClN5O9/c1-28(47(62)54-39-19-21-53-49(39)64)22-44(60)40-25-30-7-17-41(57)37(24-30)38-26-34(14-18-42(38)58)46(45(61)23-29(2)48(63)55-40)56(3)50(65)35(6-4-5-20-52)27-43(59)33-10-8-31(9-11-33)32-12-15-36(51)16-13-32/h7-18,24,26,28-29,35,39-40,46,57-58H,4-6,19-23,25,27,52H2,1-3H3,(H,53,64)(H,54,62)(H,55,63)/t28-,29-,35-,39+,40+,46+/m1/s1. The van der Waals surface area contributed by atoms with Gasteiger partial charge in [0.15, 0.2) is 17.3 Å². The van der Waals surface area contributed by atoms with Crippen LogP contribution in [0.2, 0.25) is 5.02 Å². The summed E-state index contributed by atoms with van der Waals surface area (Å²) in [7, 11) is 1.47. The van der Waals surface area contributed by atoms with Gasteiger partial charge in [0.05, 0.1) is 6.04 Å². The quantitative estimate of drug-likeness (QED) is 0.0618. The second-order valence-corrected chi connectivity index (χ2v) is 17.7. The minimum absolute atomic E-state index is 0.0467. The average molecular weight is 906 g/mol. The number of phenolic OH excluding ortho intramolecular Hbond substituents is 2. The van der Waals surface area contributed by atoms with Gasteiger partial charge in [-0.25, -0.2) is 0 Å². The number of phenols is 2. The lowest BCUT2D eigenvalue weighted by molar-refractivity contribution is -0.142. The van der Waals surface area contributed by atoms with Gasteiger partial charge in [0.1, 0.15) is 23.6 Å². The predicted octanol–water partition coefficient (Wildman–Crippen LogP) is 5.84. The van der Waals surface area contributed by atoms with Gasteiger partial charge >= 0.3 is 0 Å². The van der Waals surface area contributed by atoms with E-state index >= 15 is 0 Å². The van der Waals surface area contributed by atoms with Gasteiger partial charge in [0, 0.05) is 72.3 Å². The third-order valence-corrected chi connectivity index (χ3v) is 12.6. The van der Waals surface area contributed by atoms with E-state index in [0.717, 1.165) is 11.1 Å². The summed E-state index contributed by atoms with van der Waals surface area (Å²) in [6.07, 6.45) is 1.04. The van der Waals surface area contributed by atoms with Crippen LogP contribution >= 0.6 is 11.6 Å². The zero-order chi connectivity index (χ0) is 46.9. The van der Waals surface area contributed by atoms with Crippen LogP contribution in [0.15, 0.2) is 84.9 Å². The number of Topliss-reactive ketones (excluding diaryl/α,β-unsaturated/α-hetero) is 3. The summed E-state index contributed by atoms with van der Waals surface area (Å²) < 4.78 is 0. The number of fused-ring (bicyclic) bond motifs is 5. The minimum atomic E-state index is -1.30. The highest BCUT2D eigenvalue weighted by molar-refractivity contribution is 6.30. The van der Waals surface area contributed by atoms with Gasteiger partial charge in [-0.3, -0.25) is 33.6 Å². The third-order valence-electron chi connectivity index (χ3n) is 12.3. The molecule has 65 heavy (non-hydrogen) atoms. The summed E-state index contributed by atoms with van der Waals surface area (Å²) in [5, 5.41) is 31.1. The molecule has 0 spiro atoms. The van der Waals surface area contributed by atoms with Crippen LogP contribution in [0.1, 0.15) is 86.3 Å². The second kappa shape index (κ2) is 21.5. The molecule has 15 heteroatoms. The molecule has 342 valence electrons. The van der Waals surface area contributed by atoms with E-state index in [9.17, 15) is 43.8 Å². The molecule has 6 atom stereocenters. The SMILES string of the molecule is C[C@@H]1CC(=O)[C@@H](N(C)C(=O)[C@H](CCCCN)CC(=O)c2ccc(-c3ccc(Cl)cc3)cc2)c2ccc(O)c(c2)-c2cc(ccc2O)C[C@@H](C(=O)C[C@@H](C)C(=O)N[C@H]2CCNC2=O)NC1=O. The molecule has 1 saturated heterocycles. The van der Waals surface area contributed by atoms with E-state index < -0.39 is 65.2 Å². The molecule has 2 heterocycles. The second-order valence-electron chi connectivity index (χ2n) is 17.2. The lowest BCUT2D eigenvalue weighted by Gasteiger charge is -2.32. The fourth-order valence-electron chi connectivity index (χ4n) is 8.47. The first-order chi connectivity index (χ1) is 31.0. The largest absolute Gasteiger partial charge is 0.507 e. The molecule has 0 aliphatic carbocycles. The number of benzene rings is 4. The Morgan fingerprint density at radius 2 is 1.49 bits per heavy atom. The highest BCUT2D eigenvalue weighted by Crippen LogP contribution is 2.40. The van der Waals surface area contributed by atoms with Crippen LogP contribution in [-0.4, -0.2) is 88.3 Å². The van der Waals surface area contributed by atoms with Crippen LogP contribution in [0.5, 0.6) is 11.5 Å². The lowest BCUT2D eigenvalue weighted by Crippen LogP contribution is -2.47. The number of aromatic hydroxyl groups is 2. The molecule has 1 fully saturated rings. The Morgan fingerprint density at radius 3 is 2.14 bits per heavy atom. The van der Waals surface area contributed by atoms with Crippen molar-refractivity contribution in [1.82, 2.24) is 20.9 Å². The van der Waals surface area contributed by atoms with Gasteiger partial charge in [-0.2, -0.15) is 0 Å². The number of nitrogens with two attached hydrogens (primary N) is 1. The molecule has 2 aliphatic heterocycles. The zero-order valence-electron chi connectivity index (χ0n) is 36.8. The molecule has 0 radical (unpaired) electrons. The zero-order valence-corrected chi connectivity index (χ0v) is 37.5. The monoisotopic (exact) mass is 905 g/mol. The Bertz CT molecular complexity index is 2440. The number of unbranched alkanes of at least 4 members (excludes halogenated alkanes) is 1. The van der Waals surface area contributed by atoms with Gasteiger partial charge in [-0.05, 0) is 90.9 Å². The lowest BCUT2D eigenvalue weighted by atomic mass is 9.87. The first kappa shape index (κ1) is 48.1. The number of rotatable bonds is 15. The van der Waals surface area contributed by atoms with Crippen LogP contribution in [0.3, 0.4) is 0 Å². The Kier molecular flexibility index (Phi) is 15.9. The van der Waals surface area contributed by atoms with Gasteiger partial charge in [-0.15, -0.1) is 0 Å². The van der Waals surface area contributed by atoms with E-state index in [1.807, 2.05) is 24.3 Å². The van der Waals surface area contributed by atoms with Gasteiger partial charge in [0.2, 0.25) is 23.6 Å². The van der Waals surface area contributed by atoms with Crippen LogP contribution in [0.4, 0.5) is 0 Å². The molecule has 4 aromatic rings. The van der Waals surface area contributed by atoms with Crippen LogP contribution in [-0.2, 0) is 35.2 Å². The number of hydrogen-bond donors (Lipinski definition) is 6. The van der Waals surface area contributed by atoms with E-state index in [0.29, 0.717) is 60.5 Å². The van der Waals surface area contributed by atoms with Crippen LogP contribution in [0, 0.1) is 17.8 Å². The molecule has 0 saturated carbocycles. The topological polar surface area (TPSA) is 225 Å². The maximum Gasteiger partial charge on any atom is 0.242 e. The molecule has 2 aliphatic rings. The Labute approximate surface area is 383 Å². The minimum Gasteiger partial charge on any atom is -0.507 e. The van der Waals surface area contributed by atoms with Crippen molar-refractivity contribution in [1.29, 1.82) is 0 Å². The molecule has 0 unspecified atom stereocenters. The number of amides is 4. The summed E-state index contributed by atoms with van der Waals surface area (Å²) >= 11 is 6.06. The van der Waals surface area contributed by atoms with Crippen molar-refractivity contribution in [2.24, 2.45) is 23.5 Å². The van der Waals surface area contributed by atoms with Crippen molar-refractivity contribution >= 4 is 52.6 Å². The van der Waals surface area contributed by atoms with Crippen molar-refractivity contribution in [2.75, 3.05) is 20.1 Å². The van der Waals surface area contributed by atoms with E-state index in [1.165, 1.54) is 43.1 Å². The van der Waals surface area contributed by atoms with Gasteiger partial charge in [0.25, 0.3) is 0 Å². The Hall–Kier alpha value is -6.38. The molecule has 4 aromatic carbocycles. The van der Waals surface area contributed by atoms with Crippen LogP contribution in [0.25, 0.3) is 22.3 Å². The normalized spacial score (nSPS) is 19.6. The fourth-order valence-corrected chi connectivity index (χ4v) is 8.60. The first-order valence-electron chi connectivity index (χ1n) is 22.0. The first-order valence-corrected chi connectivity index (χ1v) is 22.4. The molecule has 4 bridgehead atoms. The number of nitrogens with one attached hydrogen (secondary N) is 3. The number of carbonyl (C=O) groups excluding carboxylic acids is 7. The third kappa shape index (κ3) is 11.9. The average Bonchev–Trinajstić information content (AvgIpc) is 3.69. The van der Waals surface area contributed by atoms with E-state index in [4.69, 9.17) is 17.3 Å². The van der Waals surface area contributed by atoms with E-state index in [1.54, 1.807) is 43.3 Å². The highest BCUT2D eigenvalue weighted by Gasteiger charge is 2.37. The Morgan fingerprint density at radius 1 is 0.846 bits per heavy atom. The maximum atomic E-state index is 14.7. The number of hydrogen-bond acceptors (Lipinski definition) is 10. The summed E-state index contributed by atoms with van der Waals surface area (Å²) in [5.74, 6) is -6.29. The van der Waals surface area contributed by atoms with Crippen molar-refractivity contribution in [3.05, 3.63) is 107 Å². The molecule has 0 aromatic heterocycles. The van der Waals surface area contributed by atoms with Crippen molar-refractivity contribution in [2.45, 2.75) is 83.3 Å². The smallest absolute Gasteiger partial charge is 0.242 e. The van der Waals surface area contributed by atoms with Crippen molar-refractivity contribution in [3.63, 3.8) is 0 Å². The number of nitrogens with zero attached hydrogens (tertiary/aromatic N) is 1. The molecule has 4 amide bonds. The van der Waals surface area contributed by atoms with Crippen LogP contribution < -0.4 is 21.7 Å². The van der Waals surface area contributed by atoms with Gasteiger partial charge in [-0.1, -0.05) is 80.4 Å². The fraction of sp³-hybridized carbons (Fsp3) is 0.380. The number of ketones is 3. The molecule has 6 rings (SSSR count). The summed E-state index contributed by atoms with van der Waals surface area (Å²) in [6.45, 7) is 3.90. The van der Waals surface area contributed by atoms with Crippen molar-refractivity contribution in [3.8, 4) is 33.8 Å². The summed E-state index contributed by atoms with van der Waals surface area (Å²) in [4.78, 5) is 97.4. The number of carbonyl (C=O) groups is 7. The molecular weight excluding hydrogens is 850 g/mol. The number of likely N-dealkylation sites (N-methyl/N-ethyl adjacent to an activating group) is 1. The summed E-state index contributed by atoms with van der Waals surface area (Å²) in [5.41, 5.74) is 9.15. The van der Waals surface area contributed by atoms with E-state index in [-0.39, 0.29) is 60.0 Å². The van der Waals surface area contributed by atoms with E-state index in [2.05, 4.69) is 16.0 Å². The van der Waals surface area contributed by atoms with Crippen molar-refractivity contribution < 1.29 is 43.8 Å². The maximum absolute atomic E-state index is 14.7. The predicted molar refractivity (Wildman–Crippen MR) is 246 cm³/mol. The van der Waals surface area contributed by atoms with Gasteiger partial charge < -0.3 is 36.8 Å².